The number of hydrogen-bond acceptors (Lipinski definition) is 3. The standard InChI is InChI=1S/C25H16F6N2O2/c26-24(27,28)16-6-3-14(4-7-16)18(23-19(25(29,30)31)2-1-10-33-23)13-22(35)15-5-8-17-20(12-15)32-11-9-21(17)34/h1-12,18H,13H2,(H,32,34)/t18-/m0/s1. The van der Waals surface area contributed by atoms with Crippen LogP contribution in [0.15, 0.2) is 77.9 Å². The maximum atomic E-state index is 13.7. The Kier molecular flexibility index (Phi) is 6.23. The molecule has 0 aliphatic rings. The molecule has 0 aliphatic heterocycles. The van der Waals surface area contributed by atoms with Crippen LogP contribution in [0.2, 0.25) is 0 Å². The highest BCUT2D eigenvalue weighted by Crippen LogP contribution is 2.39. The van der Waals surface area contributed by atoms with Gasteiger partial charge in [0.1, 0.15) is 0 Å². The number of nitrogens with one attached hydrogen (secondary N) is 1. The summed E-state index contributed by atoms with van der Waals surface area (Å²) in [6.45, 7) is 0. The average Bonchev–Trinajstić information content (AvgIpc) is 2.81. The van der Waals surface area contributed by atoms with E-state index in [1.54, 1.807) is 0 Å². The number of aromatic amines is 1. The minimum absolute atomic E-state index is 0.0738. The van der Waals surface area contributed by atoms with Crippen molar-refractivity contribution in [2.75, 3.05) is 0 Å². The third kappa shape index (κ3) is 5.11. The highest BCUT2D eigenvalue weighted by Gasteiger charge is 2.37. The molecule has 0 fully saturated rings. The van der Waals surface area contributed by atoms with E-state index in [-0.39, 0.29) is 16.6 Å². The Balaban J connectivity index is 1.78. The quantitative estimate of drug-likeness (QED) is 0.261. The lowest BCUT2D eigenvalue weighted by Gasteiger charge is -2.21. The predicted octanol–water partition coefficient (Wildman–Crippen LogP) is 6.37. The predicted molar refractivity (Wildman–Crippen MR) is 116 cm³/mol. The van der Waals surface area contributed by atoms with Crippen molar-refractivity contribution in [1.82, 2.24) is 9.97 Å². The Morgan fingerprint density at radius 1 is 0.914 bits per heavy atom. The number of nitrogens with zero attached hydrogens (tertiary/aromatic N) is 1. The monoisotopic (exact) mass is 490 g/mol. The number of aromatic nitrogens is 2. The molecule has 2 aromatic carbocycles. The molecular formula is C25H16F6N2O2. The molecule has 2 aromatic heterocycles. The Morgan fingerprint density at radius 2 is 1.63 bits per heavy atom. The van der Waals surface area contributed by atoms with Gasteiger partial charge in [0.25, 0.3) is 0 Å². The Labute approximate surface area is 194 Å². The first-order valence-corrected chi connectivity index (χ1v) is 10.3. The van der Waals surface area contributed by atoms with E-state index in [4.69, 9.17) is 0 Å². The molecule has 0 spiro atoms. The number of fused-ring (bicyclic) bond motifs is 1. The van der Waals surface area contributed by atoms with E-state index in [2.05, 4.69) is 9.97 Å². The number of hydrogen-bond donors (Lipinski definition) is 1. The fraction of sp³-hybridized carbons (Fsp3) is 0.160. The van der Waals surface area contributed by atoms with Gasteiger partial charge in [0.2, 0.25) is 0 Å². The van der Waals surface area contributed by atoms with E-state index in [1.807, 2.05) is 0 Å². The molecule has 4 nitrogen and oxygen atoms in total. The van der Waals surface area contributed by atoms with Crippen LogP contribution in [-0.4, -0.2) is 15.8 Å². The summed E-state index contributed by atoms with van der Waals surface area (Å²) in [6.07, 6.45) is -7.39. The number of pyridine rings is 2. The number of carbonyl (C=O) groups is 1. The minimum atomic E-state index is -4.79. The number of carbonyl (C=O) groups excluding carboxylic acids is 1. The van der Waals surface area contributed by atoms with E-state index in [1.165, 1.54) is 30.5 Å². The van der Waals surface area contributed by atoms with Crippen molar-refractivity contribution in [3.63, 3.8) is 0 Å². The lowest BCUT2D eigenvalue weighted by molar-refractivity contribution is -0.139. The van der Waals surface area contributed by atoms with Crippen LogP contribution in [0.4, 0.5) is 26.3 Å². The van der Waals surface area contributed by atoms with Crippen molar-refractivity contribution in [2.24, 2.45) is 0 Å². The number of benzene rings is 2. The number of alkyl halides is 6. The Hall–Kier alpha value is -3.95. The first-order valence-electron chi connectivity index (χ1n) is 10.3. The van der Waals surface area contributed by atoms with Crippen molar-refractivity contribution in [1.29, 1.82) is 0 Å². The summed E-state index contributed by atoms with van der Waals surface area (Å²) in [5.74, 6) is -1.84. The highest BCUT2D eigenvalue weighted by molar-refractivity contribution is 5.99. The number of halogens is 6. The molecular weight excluding hydrogens is 474 g/mol. The van der Waals surface area contributed by atoms with Gasteiger partial charge in [-0.3, -0.25) is 14.6 Å². The number of rotatable bonds is 5. The molecule has 0 unspecified atom stereocenters. The smallest absolute Gasteiger partial charge is 0.361 e. The molecule has 0 bridgehead atoms. The average molecular weight is 490 g/mol. The summed E-state index contributed by atoms with van der Waals surface area (Å²) in [4.78, 5) is 31.8. The van der Waals surface area contributed by atoms with Crippen LogP contribution in [0.25, 0.3) is 10.9 Å². The molecule has 35 heavy (non-hydrogen) atoms. The molecule has 0 saturated heterocycles. The van der Waals surface area contributed by atoms with Gasteiger partial charge in [0.15, 0.2) is 11.2 Å². The second-order valence-corrected chi connectivity index (χ2v) is 7.84. The van der Waals surface area contributed by atoms with Gasteiger partial charge < -0.3 is 4.98 Å². The van der Waals surface area contributed by atoms with Gasteiger partial charge in [-0.25, -0.2) is 0 Å². The lowest BCUT2D eigenvalue weighted by Crippen LogP contribution is -2.17. The largest absolute Gasteiger partial charge is 0.418 e. The zero-order valence-electron chi connectivity index (χ0n) is 17.7. The Morgan fingerprint density at radius 3 is 2.29 bits per heavy atom. The summed E-state index contributed by atoms with van der Waals surface area (Å²) in [5, 5.41) is 0.326. The van der Waals surface area contributed by atoms with Gasteiger partial charge in [0, 0.05) is 47.3 Å². The van der Waals surface area contributed by atoms with Crippen LogP contribution in [0.5, 0.6) is 0 Å². The van der Waals surface area contributed by atoms with E-state index in [9.17, 15) is 35.9 Å². The maximum absolute atomic E-state index is 13.7. The Bertz CT molecular complexity index is 1440. The summed E-state index contributed by atoms with van der Waals surface area (Å²) >= 11 is 0. The summed E-state index contributed by atoms with van der Waals surface area (Å²) in [5.41, 5.74) is -2.23. The number of ketones is 1. The second kappa shape index (κ2) is 9.01. The maximum Gasteiger partial charge on any atom is 0.418 e. The van der Waals surface area contributed by atoms with Crippen molar-refractivity contribution in [3.8, 4) is 0 Å². The molecule has 0 radical (unpaired) electrons. The van der Waals surface area contributed by atoms with E-state index in [0.29, 0.717) is 10.9 Å². The molecule has 2 heterocycles. The molecule has 0 amide bonds. The normalized spacial score (nSPS) is 13.1. The minimum Gasteiger partial charge on any atom is -0.361 e. The van der Waals surface area contributed by atoms with Crippen LogP contribution in [0.1, 0.15) is 45.1 Å². The molecule has 1 N–H and O–H groups in total. The van der Waals surface area contributed by atoms with Gasteiger partial charge >= 0.3 is 12.4 Å². The van der Waals surface area contributed by atoms with Crippen LogP contribution in [-0.2, 0) is 12.4 Å². The molecule has 10 heteroatoms. The van der Waals surface area contributed by atoms with Crippen LogP contribution in [0, 0.1) is 0 Å². The fourth-order valence-corrected chi connectivity index (χ4v) is 3.86. The van der Waals surface area contributed by atoms with Crippen molar-refractivity contribution in [2.45, 2.75) is 24.7 Å². The van der Waals surface area contributed by atoms with E-state index < -0.39 is 47.3 Å². The van der Waals surface area contributed by atoms with Crippen LogP contribution in [0.3, 0.4) is 0 Å². The van der Waals surface area contributed by atoms with E-state index >= 15 is 0 Å². The fourth-order valence-electron chi connectivity index (χ4n) is 3.86. The molecule has 0 saturated carbocycles. The molecule has 0 aliphatic carbocycles. The van der Waals surface area contributed by atoms with E-state index in [0.717, 1.165) is 42.6 Å². The van der Waals surface area contributed by atoms with Gasteiger partial charge in [-0.1, -0.05) is 18.2 Å². The first kappa shape index (κ1) is 24.2. The third-order valence-electron chi connectivity index (χ3n) is 5.58. The highest BCUT2D eigenvalue weighted by atomic mass is 19.4. The van der Waals surface area contributed by atoms with Gasteiger partial charge in [-0.05, 0) is 42.0 Å². The van der Waals surface area contributed by atoms with Crippen LogP contribution >= 0.6 is 0 Å². The zero-order valence-corrected chi connectivity index (χ0v) is 17.7. The summed E-state index contributed by atoms with van der Waals surface area (Å²) in [7, 11) is 0. The van der Waals surface area contributed by atoms with Crippen LogP contribution < -0.4 is 5.43 Å². The third-order valence-corrected chi connectivity index (χ3v) is 5.58. The van der Waals surface area contributed by atoms with Gasteiger partial charge in [0.05, 0.1) is 16.8 Å². The second-order valence-electron chi connectivity index (χ2n) is 7.84. The topological polar surface area (TPSA) is 62.8 Å². The lowest BCUT2D eigenvalue weighted by atomic mass is 9.86. The van der Waals surface area contributed by atoms with Crippen molar-refractivity contribution < 1.29 is 31.1 Å². The summed E-state index contributed by atoms with van der Waals surface area (Å²) in [6, 6.07) is 11.0. The SMILES string of the molecule is O=C(C[C@@H](c1ccc(C(F)(F)F)cc1)c1ncccc1C(F)(F)F)c1ccc2c(=O)cc[nH]c2c1. The van der Waals surface area contributed by atoms with Gasteiger partial charge in [-0.2, -0.15) is 26.3 Å². The first-order chi connectivity index (χ1) is 16.4. The van der Waals surface area contributed by atoms with Crippen molar-refractivity contribution in [3.05, 3.63) is 111 Å². The zero-order chi connectivity index (χ0) is 25.4. The number of H-pyrrole nitrogens is 1. The molecule has 4 aromatic rings. The number of Topliss-reactive ketones (excluding diaryl/α,β-unsaturated/α-hetero) is 1. The van der Waals surface area contributed by atoms with Crippen molar-refractivity contribution >= 4 is 16.7 Å². The summed E-state index contributed by atoms with van der Waals surface area (Å²) < 4.78 is 80.2. The molecule has 4 rings (SSSR count). The molecule has 180 valence electrons. The molecule has 1 atom stereocenters. The van der Waals surface area contributed by atoms with Gasteiger partial charge in [-0.15, -0.1) is 0 Å².